The van der Waals surface area contributed by atoms with Crippen LogP contribution in [0.5, 0.6) is 5.75 Å². The molecule has 3 heteroatoms. The van der Waals surface area contributed by atoms with E-state index in [0.29, 0.717) is 18.6 Å². The van der Waals surface area contributed by atoms with E-state index in [9.17, 15) is 0 Å². The molecule has 0 spiro atoms. The lowest BCUT2D eigenvalue weighted by Gasteiger charge is -2.07. The number of hydrogen-bond acceptors (Lipinski definition) is 2. The van der Waals surface area contributed by atoms with Crippen LogP contribution in [-0.2, 0) is 6.61 Å². The van der Waals surface area contributed by atoms with Crippen molar-refractivity contribution in [1.82, 2.24) is 0 Å². The second-order valence-electron chi connectivity index (χ2n) is 4.99. The molecule has 2 aromatic carbocycles. The van der Waals surface area contributed by atoms with Gasteiger partial charge in [0.1, 0.15) is 12.4 Å². The Hall–Kier alpha value is -1.32. The van der Waals surface area contributed by atoms with Crippen LogP contribution in [0.15, 0.2) is 53.0 Å². The van der Waals surface area contributed by atoms with Gasteiger partial charge in [0.2, 0.25) is 0 Å². The highest BCUT2D eigenvalue weighted by atomic mass is 79.9. The third-order valence-corrected chi connectivity index (χ3v) is 4.00. The highest BCUT2D eigenvalue weighted by Crippen LogP contribution is 2.39. The van der Waals surface area contributed by atoms with E-state index in [1.165, 1.54) is 5.56 Å². The average molecular weight is 318 g/mol. The Morgan fingerprint density at radius 3 is 2.26 bits per heavy atom. The van der Waals surface area contributed by atoms with Gasteiger partial charge in [-0.25, -0.2) is 0 Å². The smallest absolute Gasteiger partial charge is 0.119 e. The maximum atomic E-state index is 5.85. The maximum absolute atomic E-state index is 5.85. The first-order valence-electron chi connectivity index (χ1n) is 6.45. The van der Waals surface area contributed by atoms with E-state index in [0.717, 1.165) is 22.2 Å². The van der Waals surface area contributed by atoms with Crippen LogP contribution < -0.4 is 10.5 Å². The van der Waals surface area contributed by atoms with Crippen molar-refractivity contribution >= 4 is 15.9 Å². The van der Waals surface area contributed by atoms with Crippen molar-refractivity contribution in [2.24, 2.45) is 5.73 Å². The summed E-state index contributed by atoms with van der Waals surface area (Å²) in [5.74, 6) is 1.46. The summed E-state index contributed by atoms with van der Waals surface area (Å²) in [7, 11) is 0. The van der Waals surface area contributed by atoms with Crippen LogP contribution in [0.4, 0.5) is 0 Å². The quantitative estimate of drug-likeness (QED) is 0.929. The molecular weight excluding hydrogens is 302 g/mol. The third kappa shape index (κ3) is 3.17. The number of hydrogen-bond donors (Lipinski definition) is 1. The van der Waals surface area contributed by atoms with Crippen LogP contribution in [-0.4, -0.2) is 6.04 Å². The largest absolute Gasteiger partial charge is 0.489 e. The molecule has 0 unspecified atom stereocenters. The first-order valence-corrected chi connectivity index (χ1v) is 7.24. The summed E-state index contributed by atoms with van der Waals surface area (Å²) in [6, 6.07) is 16.8. The van der Waals surface area contributed by atoms with Crippen LogP contribution in [0.3, 0.4) is 0 Å². The van der Waals surface area contributed by atoms with Crippen molar-refractivity contribution in [3.8, 4) is 5.75 Å². The Labute approximate surface area is 121 Å². The minimum absolute atomic E-state index is 0.356. The van der Waals surface area contributed by atoms with E-state index in [-0.39, 0.29) is 0 Å². The van der Waals surface area contributed by atoms with Crippen molar-refractivity contribution in [2.75, 3.05) is 0 Å². The molecule has 0 heterocycles. The van der Waals surface area contributed by atoms with E-state index in [2.05, 4.69) is 40.2 Å². The lowest BCUT2D eigenvalue weighted by Crippen LogP contribution is -2.01. The van der Waals surface area contributed by atoms with E-state index < -0.39 is 0 Å². The molecule has 2 aromatic rings. The van der Waals surface area contributed by atoms with Crippen LogP contribution in [0.25, 0.3) is 0 Å². The van der Waals surface area contributed by atoms with Crippen LogP contribution in [0, 0.1) is 0 Å². The van der Waals surface area contributed by atoms with Crippen molar-refractivity contribution in [1.29, 1.82) is 0 Å². The summed E-state index contributed by atoms with van der Waals surface area (Å²) in [6.07, 6.45) is 1.11. The number of nitrogens with two attached hydrogens (primary N) is 1. The van der Waals surface area contributed by atoms with Gasteiger partial charge in [-0.3, -0.25) is 0 Å². The molecule has 2 nitrogen and oxygen atoms in total. The van der Waals surface area contributed by atoms with Gasteiger partial charge in [-0.15, -0.1) is 0 Å². The predicted octanol–water partition coefficient (Wildman–Crippen LogP) is 3.84. The lowest BCUT2D eigenvalue weighted by atomic mass is 10.1. The van der Waals surface area contributed by atoms with Crippen molar-refractivity contribution in [2.45, 2.75) is 25.0 Å². The molecule has 1 fully saturated rings. The Morgan fingerprint density at radius 1 is 1.05 bits per heavy atom. The highest BCUT2D eigenvalue weighted by molar-refractivity contribution is 9.10. The summed E-state index contributed by atoms with van der Waals surface area (Å²) in [6.45, 7) is 0.593. The zero-order valence-electron chi connectivity index (χ0n) is 10.6. The van der Waals surface area contributed by atoms with Gasteiger partial charge in [-0.2, -0.15) is 0 Å². The summed E-state index contributed by atoms with van der Waals surface area (Å²) >= 11 is 3.42. The van der Waals surface area contributed by atoms with E-state index in [1.807, 2.05) is 24.3 Å². The minimum Gasteiger partial charge on any atom is -0.489 e. The molecule has 0 aliphatic heterocycles. The van der Waals surface area contributed by atoms with Gasteiger partial charge in [0.25, 0.3) is 0 Å². The van der Waals surface area contributed by atoms with Gasteiger partial charge in [0.15, 0.2) is 0 Å². The molecule has 3 rings (SSSR count). The fraction of sp³-hybridized carbons (Fsp3) is 0.250. The second-order valence-corrected chi connectivity index (χ2v) is 5.91. The molecule has 0 amide bonds. The number of ether oxygens (including phenoxy) is 1. The molecule has 19 heavy (non-hydrogen) atoms. The monoisotopic (exact) mass is 317 g/mol. The maximum Gasteiger partial charge on any atom is 0.119 e. The van der Waals surface area contributed by atoms with Crippen molar-refractivity contribution in [3.63, 3.8) is 0 Å². The normalized spacial score (nSPS) is 21.2. The minimum atomic E-state index is 0.356. The second kappa shape index (κ2) is 5.35. The molecule has 0 radical (unpaired) electrons. The van der Waals surface area contributed by atoms with E-state index in [4.69, 9.17) is 10.5 Å². The van der Waals surface area contributed by atoms with Crippen molar-refractivity contribution in [3.05, 3.63) is 64.1 Å². The molecule has 1 aliphatic rings. The highest BCUT2D eigenvalue weighted by Gasteiger charge is 2.34. The SMILES string of the molecule is N[C@@H]1C[C@H]1c1ccc(OCc2ccc(Br)cc2)cc1. The van der Waals surface area contributed by atoms with Gasteiger partial charge in [0, 0.05) is 16.4 Å². The van der Waals surface area contributed by atoms with E-state index in [1.54, 1.807) is 0 Å². The van der Waals surface area contributed by atoms with Gasteiger partial charge >= 0.3 is 0 Å². The molecule has 0 saturated heterocycles. The average Bonchev–Trinajstić information content (AvgIpc) is 3.16. The molecule has 1 saturated carbocycles. The number of benzene rings is 2. The van der Waals surface area contributed by atoms with Crippen molar-refractivity contribution < 1.29 is 4.74 Å². The number of halogens is 1. The van der Waals surface area contributed by atoms with Gasteiger partial charge in [0.05, 0.1) is 0 Å². The molecule has 0 aromatic heterocycles. The molecule has 2 N–H and O–H groups in total. The van der Waals surface area contributed by atoms with Gasteiger partial charge < -0.3 is 10.5 Å². The zero-order valence-corrected chi connectivity index (χ0v) is 12.1. The predicted molar refractivity (Wildman–Crippen MR) is 80.2 cm³/mol. The summed E-state index contributed by atoms with van der Waals surface area (Å²) in [4.78, 5) is 0. The lowest BCUT2D eigenvalue weighted by molar-refractivity contribution is 0.306. The van der Waals surface area contributed by atoms with Gasteiger partial charge in [-0.05, 0) is 41.8 Å². The summed E-state index contributed by atoms with van der Waals surface area (Å²) in [5.41, 5.74) is 8.33. The first kappa shape index (κ1) is 12.7. The topological polar surface area (TPSA) is 35.2 Å². The molecule has 0 bridgehead atoms. The zero-order chi connectivity index (χ0) is 13.2. The molecule has 2 atom stereocenters. The fourth-order valence-corrected chi connectivity index (χ4v) is 2.42. The summed E-state index contributed by atoms with van der Waals surface area (Å²) < 4.78 is 6.85. The third-order valence-electron chi connectivity index (χ3n) is 3.47. The first-order chi connectivity index (χ1) is 9.22. The Morgan fingerprint density at radius 2 is 1.68 bits per heavy atom. The van der Waals surface area contributed by atoms with Crippen LogP contribution in [0.1, 0.15) is 23.5 Å². The Kier molecular flexibility index (Phi) is 3.58. The summed E-state index contributed by atoms with van der Waals surface area (Å²) in [5, 5.41) is 0. The van der Waals surface area contributed by atoms with Gasteiger partial charge in [-0.1, -0.05) is 40.2 Å². The molecule has 98 valence electrons. The molecule has 1 aliphatic carbocycles. The van der Waals surface area contributed by atoms with Crippen LogP contribution in [0.2, 0.25) is 0 Å². The van der Waals surface area contributed by atoms with Crippen LogP contribution >= 0.6 is 15.9 Å². The standard InChI is InChI=1S/C16H16BrNO/c17-13-5-1-11(2-6-13)10-19-14-7-3-12(4-8-14)15-9-16(15)18/h1-8,15-16H,9-10,18H2/t15-,16+/m0/s1. The fourth-order valence-electron chi connectivity index (χ4n) is 2.16. The Balaban J connectivity index is 1.59. The molecular formula is C16H16BrNO. The number of rotatable bonds is 4. The Bertz CT molecular complexity index is 550. The van der Waals surface area contributed by atoms with E-state index >= 15 is 0 Å².